The lowest BCUT2D eigenvalue weighted by Gasteiger charge is -2.05. The van der Waals surface area contributed by atoms with Gasteiger partial charge in [-0.25, -0.2) is 4.98 Å². The quantitative estimate of drug-likeness (QED) is 0.768. The van der Waals surface area contributed by atoms with Crippen LogP contribution in [0.15, 0.2) is 16.9 Å². The molecule has 1 saturated carbocycles. The largest absolute Gasteiger partial charge is 0.337 e. The highest BCUT2D eigenvalue weighted by Crippen LogP contribution is 2.38. The molecule has 2 aromatic rings. The third-order valence-corrected chi connectivity index (χ3v) is 3.24. The summed E-state index contributed by atoms with van der Waals surface area (Å²) in [5.74, 6) is 3.06. The molecule has 6 heteroatoms. The predicted octanol–water partition coefficient (Wildman–Crippen LogP) is 1.69. The van der Waals surface area contributed by atoms with E-state index < -0.39 is 0 Å². The van der Waals surface area contributed by atoms with Crippen LogP contribution in [0, 0.1) is 0 Å². The Bertz CT molecular complexity index is 529. The Morgan fingerprint density at radius 2 is 2.37 bits per heavy atom. The molecule has 1 aliphatic carbocycles. The van der Waals surface area contributed by atoms with Crippen molar-refractivity contribution in [2.24, 2.45) is 0 Å². The maximum absolute atomic E-state index is 5.29. The number of rotatable bonds is 7. The van der Waals surface area contributed by atoms with E-state index in [9.17, 15) is 0 Å². The second-order valence-electron chi connectivity index (χ2n) is 4.97. The summed E-state index contributed by atoms with van der Waals surface area (Å²) in [6, 6.07) is 0. The monoisotopic (exact) mass is 261 g/mol. The smallest absolute Gasteiger partial charge is 0.246 e. The highest BCUT2D eigenvalue weighted by Gasteiger charge is 2.28. The molecule has 0 aliphatic heterocycles. The van der Waals surface area contributed by atoms with Crippen LogP contribution in [0.3, 0.4) is 0 Å². The van der Waals surface area contributed by atoms with Crippen molar-refractivity contribution in [2.75, 3.05) is 6.54 Å². The maximum Gasteiger partial charge on any atom is 0.246 e. The summed E-state index contributed by atoms with van der Waals surface area (Å²) in [6.45, 7) is 4.52. The Balaban J connectivity index is 1.63. The molecule has 0 aromatic carbocycles. The fourth-order valence-electron chi connectivity index (χ4n) is 2.01. The van der Waals surface area contributed by atoms with Gasteiger partial charge >= 0.3 is 0 Å². The van der Waals surface area contributed by atoms with Crippen LogP contribution in [-0.2, 0) is 13.1 Å². The summed E-state index contributed by atoms with van der Waals surface area (Å²) in [7, 11) is 0. The van der Waals surface area contributed by atoms with E-state index in [-0.39, 0.29) is 0 Å². The van der Waals surface area contributed by atoms with Crippen molar-refractivity contribution in [1.82, 2.24) is 25.0 Å². The number of hydrogen-bond donors (Lipinski definition) is 1. The Morgan fingerprint density at radius 3 is 3.16 bits per heavy atom. The molecular weight excluding hydrogens is 242 g/mol. The van der Waals surface area contributed by atoms with E-state index in [4.69, 9.17) is 4.52 Å². The predicted molar refractivity (Wildman–Crippen MR) is 69.6 cm³/mol. The van der Waals surface area contributed by atoms with Crippen LogP contribution in [-0.4, -0.2) is 26.2 Å². The first kappa shape index (κ1) is 12.3. The topological polar surface area (TPSA) is 68.8 Å². The summed E-state index contributed by atoms with van der Waals surface area (Å²) in [6.07, 6.45) is 7.26. The third-order valence-electron chi connectivity index (χ3n) is 3.24. The van der Waals surface area contributed by atoms with E-state index >= 15 is 0 Å². The van der Waals surface area contributed by atoms with Crippen molar-refractivity contribution < 1.29 is 4.52 Å². The first-order valence-electron chi connectivity index (χ1n) is 6.90. The Labute approximate surface area is 112 Å². The van der Waals surface area contributed by atoms with Crippen LogP contribution in [0.5, 0.6) is 0 Å². The minimum Gasteiger partial charge on any atom is -0.337 e. The molecule has 2 aromatic heterocycles. The number of nitrogens with one attached hydrogen (secondary N) is 1. The molecule has 0 spiro atoms. The van der Waals surface area contributed by atoms with Crippen LogP contribution >= 0.6 is 0 Å². The van der Waals surface area contributed by atoms with Gasteiger partial charge in [0.05, 0.1) is 6.54 Å². The second-order valence-corrected chi connectivity index (χ2v) is 4.97. The van der Waals surface area contributed by atoms with Crippen molar-refractivity contribution in [3.8, 4) is 0 Å². The molecule has 0 unspecified atom stereocenters. The first-order chi connectivity index (χ1) is 9.36. The van der Waals surface area contributed by atoms with Gasteiger partial charge < -0.3 is 14.4 Å². The van der Waals surface area contributed by atoms with Gasteiger partial charge in [0.2, 0.25) is 5.89 Å². The molecule has 3 rings (SSSR count). The molecule has 1 aliphatic rings. The van der Waals surface area contributed by atoms with Crippen LogP contribution in [0.25, 0.3) is 0 Å². The van der Waals surface area contributed by atoms with Crippen molar-refractivity contribution in [3.05, 3.63) is 29.9 Å². The van der Waals surface area contributed by atoms with Gasteiger partial charge in [0.25, 0.3) is 0 Å². The molecule has 2 heterocycles. The van der Waals surface area contributed by atoms with Gasteiger partial charge in [0.1, 0.15) is 12.4 Å². The highest BCUT2D eigenvalue weighted by molar-refractivity contribution is 5.04. The van der Waals surface area contributed by atoms with Gasteiger partial charge in [-0.05, 0) is 25.8 Å². The van der Waals surface area contributed by atoms with Gasteiger partial charge in [-0.3, -0.25) is 0 Å². The number of nitrogens with zero attached hydrogens (tertiary/aromatic N) is 4. The molecule has 0 amide bonds. The van der Waals surface area contributed by atoms with Gasteiger partial charge in [0.15, 0.2) is 5.82 Å². The van der Waals surface area contributed by atoms with E-state index in [2.05, 4.69) is 27.4 Å². The second kappa shape index (κ2) is 5.52. The van der Waals surface area contributed by atoms with Gasteiger partial charge in [-0.1, -0.05) is 12.1 Å². The maximum atomic E-state index is 5.29. The van der Waals surface area contributed by atoms with Crippen molar-refractivity contribution >= 4 is 0 Å². The number of aromatic nitrogens is 4. The molecule has 0 radical (unpaired) electrons. The third kappa shape index (κ3) is 3.01. The molecule has 102 valence electrons. The van der Waals surface area contributed by atoms with E-state index in [0.29, 0.717) is 18.4 Å². The van der Waals surface area contributed by atoms with Crippen LogP contribution in [0.2, 0.25) is 0 Å². The molecule has 1 fully saturated rings. The Kier molecular flexibility index (Phi) is 3.59. The molecule has 0 atom stereocenters. The van der Waals surface area contributed by atoms with E-state index in [0.717, 1.165) is 31.2 Å². The summed E-state index contributed by atoms with van der Waals surface area (Å²) in [5, 5.41) is 7.38. The molecule has 0 bridgehead atoms. The average Bonchev–Trinajstić information content (AvgIpc) is 3.01. The van der Waals surface area contributed by atoms with Crippen molar-refractivity contribution in [3.63, 3.8) is 0 Å². The Morgan fingerprint density at radius 1 is 1.47 bits per heavy atom. The fourth-order valence-corrected chi connectivity index (χ4v) is 2.01. The molecule has 1 N–H and O–H groups in total. The standard InChI is InChI=1S/C13H19N5O/c1-2-5-14-8-11-15-6-7-18(11)9-12-16-13(17-19-12)10-3-4-10/h6-7,10,14H,2-5,8-9H2,1H3. The lowest BCUT2D eigenvalue weighted by molar-refractivity contribution is 0.364. The zero-order valence-corrected chi connectivity index (χ0v) is 11.2. The zero-order valence-electron chi connectivity index (χ0n) is 11.2. The van der Waals surface area contributed by atoms with E-state index in [1.54, 1.807) is 6.20 Å². The van der Waals surface area contributed by atoms with Gasteiger partial charge in [0, 0.05) is 18.3 Å². The molecule has 19 heavy (non-hydrogen) atoms. The lowest BCUT2D eigenvalue weighted by atomic mass is 10.4. The summed E-state index contributed by atoms with van der Waals surface area (Å²) in [5.41, 5.74) is 0. The molecular formula is C13H19N5O. The summed E-state index contributed by atoms with van der Waals surface area (Å²) < 4.78 is 7.34. The number of imidazole rings is 1. The Hall–Kier alpha value is -1.69. The minimum absolute atomic E-state index is 0.533. The van der Waals surface area contributed by atoms with E-state index in [1.807, 2.05) is 10.8 Å². The van der Waals surface area contributed by atoms with Crippen LogP contribution < -0.4 is 5.32 Å². The number of hydrogen-bond acceptors (Lipinski definition) is 5. The van der Waals surface area contributed by atoms with Crippen LogP contribution in [0.1, 0.15) is 49.6 Å². The van der Waals surface area contributed by atoms with Crippen molar-refractivity contribution in [1.29, 1.82) is 0 Å². The van der Waals surface area contributed by atoms with Gasteiger partial charge in [-0.15, -0.1) is 0 Å². The summed E-state index contributed by atoms with van der Waals surface area (Å²) in [4.78, 5) is 8.79. The minimum atomic E-state index is 0.533. The highest BCUT2D eigenvalue weighted by atomic mass is 16.5. The SMILES string of the molecule is CCCNCc1nccn1Cc1nc(C2CC2)no1. The lowest BCUT2D eigenvalue weighted by Crippen LogP contribution is -2.18. The van der Waals surface area contributed by atoms with E-state index in [1.165, 1.54) is 12.8 Å². The normalized spacial score (nSPS) is 15.0. The molecule has 6 nitrogen and oxygen atoms in total. The summed E-state index contributed by atoms with van der Waals surface area (Å²) >= 11 is 0. The fraction of sp³-hybridized carbons (Fsp3) is 0.615. The average molecular weight is 261 g/mol. The van der Waals surface area contributed by atoms with Crippen molar-refractivity contribution in [2.45, 2.75) is 45.2 Å². The van der Waals surface area contributed by atoms with Gasteiger partial charge in [-0.2, -0.15) is 4.98 Å². The van der Waals surface area contributed by atoms with Crippen LogP contribution in [0.4, 0.5) is 0 Å². The molecule has 0 saturated heterocycles. The zero-order chi connectivity index (χ0) is 13.1. The first-order valence-corrected chi connectivity index (χ1v) is 6.90.